The number of hydrazine groups is 1. The van der Waals surface area contributed by atoms with E-state index in [2.05, 4.69) is 5.32 Å². The molecule has 0 aromatic heterocycles. The molecule has 3 aromatic carbocycles. The van der Waals surface area contributed by atoms with Crippen molar-refractivity contribution in [2.75, 3.05) is 19.6 Å². The first-order valence-electron chi connectivity index (χ1n) is 13.7. The van der Waals surface area contributed by atoms with Crippen LogP contribution >= 0.6 is 0 Å². The Morgan fingerprint density at radius 1 is 0.900 bits per heavy atom. The lowest BCUT2D eigenvalue weighted by molar-refractivity contribution is -0.190. The van der Waals surface area contributed by atoms with Gasteiger partial charge in [0.25, 0.3) is 0 Å². The van der Waals surface area contributed by atoms with Crippen molar-refractivity contribution in [2.24, 2.45) is 0 Å². The largest absolute Gasteiger partial charge is 0.334 e. The van der Waals surface area contributed by atoms with Crippen LogP contribution in [0.25, 0.3) is 0 Å². The zero-order valence-corrected chi connectivity index (χ0v) is 22.6. The average Bonchev–Trinajstić information content (AvgIpc) is 2.96. The van der Waals surface area contributed by atoms with Gasteiger partial charge in [-0.25, -0.2) is 19.2 Å². The van der Waals surface area contributed by atoms with Crippen LogP contribution < -0.4 is 5.32 Å². The molecule has 0 bridgehead atoms. The number of nitrogens with zero attached hydrogens (tertiary/aromatic N) is 4. The number of hydrogen-bond donors (Lipinski definition) is 1. The molecule has 8 nitrogen and oxygen atoms in total. The lowest BCUT2D eigenvalue weighted by atomic mass is 9.98. The first kappa shape index (κ1) is 27.3. The van der Waals surface area contributed by atoms with Crippen molar-refractivity contribution in [1.82, 2.24) is 25.1 Å². The van der Waals surface area contributed by atoms with Crippen LogP contribution in [-0.2, 0) is 29.1 Å². The molecule has 0 radical (unpaired) electrons. The number of hydrogen-bond acceptors (Lipinski definition) is 4. The molecular formula is C31H34FN5O3. The fourth-order valence-electron chi connectivity index (χ4n) is 5.49. The number of piperazine rings is 1. The minimum atomic E-state index is -0.742. The molecule has 2 aliphatic heterocycles. The maximum absolute atomic E-state index is 13.9. The summed E-state index contributed by atoms with van der Waals surface area (Å²) < 4.78 is 13.4. The summed E-state index contributed by atoms with van der Waals surface area (Å²) in [4.78, 5) is 44.7. The van der Waals surface area contributed by atoms with E-state index in [0.29, 0.717) is 19.5 Å². The summed E-state index contributed by atoms with van der Waals surface area (Å²) in [5, 5.41) is 6.33. The highest BCUT2D eigenvalue weighted by Crippen LogP contribution is 2.29. The van der Waals surface area contributed by atoms with Crippen LogP contribution in [0, 0.1) is 5.82 Å². The molecule has 208 valence electrons. The van der Waals surface area contributed by atoms with E-state index >= 15 is 0 Å². The van der Waals surface area contributed by atoms with Crippen LogP contribution in [0.15, 0.2) is 84.9 Å². The summed E-state index contributed by atoms with van der Waals surface area (Å²) >= 11 is 0. The Balaban J connectivity index is 1.47. The maximum Gasteiger partial charge on any atom is 0.334 e. The molecule has 3 aromatic rings. The van der Waals surface area contributed by atoms with Crippen molar-refractivity contribution in [1.29, 1.82) is 0 Å². The van der Waals surface area contributed by atoms with Gasteiger partial charge in [-0.15, -0.1) is 0 Å². The SMILES string of the molecule is CCCN1CC(=O)N2[C@@H](Cc3ccccc3)C(=O)N(Cc3ccccc3)C[C@@H]2N1C(=O)NCc1ccc(F)cc1. The molecule has 5 rings (SSSR count). The number of halogens is 1. The van der Waals surface area contributed by atoms with Crippen LogP contribution in [0.3, 0.4) is 0 Å². The summed E-state index contributed by atoms with van der Waals surface area (Å²) in [5.74, 6) is -0.646. The van der Waals surface area contributed by atoms with E-state index in [1.165, 1.54) is 12.1 Å². The topological polar surface area (TPSA) is 76.2 Å². The number of rotatable bonds is 8. The standard InChI is InChI=1S/C31H34FN5O3/c1-2-17-35-22-29(38)36-27(18-23-9-5-3-6-10-23)30(39)34(20-25-11-7-4-8-12-25)21-28(36)37(35)31(40)33-19-24-13-15-26(32)16-14-24/h3-16,27-28H,2,17-22H2,1H3,(H,33,40)/t27-,28-/m0/s1. The molecular weight excluding hydrogens is 509 g/mol. The highest BCUT2D eigenvalue weighted by atomic mass is 19.1. The molecule has 2 heterocycles. The van der Waals surface area contributed by atoms with Gasteiger partial charge in [-0.1, -0.05) is 79.7 Å². The third-order valence-corrected chi connectivity index (χ3v) is 7.37. The van der Waals surface area contributed by atoms with Gasteiger partial charge in [-0.05, 0) is 35.2 Å². The normalized spacial score (nSPS) is 19.5. The molecule has 2 aliphatic rings. The van der Waals surface area contributed by atoms with Gasteiger partial charge in [-0.2, -0.15) is 0 Å². The van der Waals surface area contributed by atoms with Crippen LogP contribution in [0.4, 0.5) is 9.18 Å². The number of fused-ring (bicyclic) bond motifs is 1. The van der Waals surface area contributed by atoms with Crippen LogP contribution in [0.5, 0.6) is 0 Å². The second-order valence-corrected chi connectivity index (χ2v) is 10.2. The predicted molar refractivity (Wildman–Crippen MR) is 149 cm³/mol. The van der Waals surface area contributed by atoms with Gasteiger partial charge in [0.15, 0.2) is 0 Å². The first-order chi connectivity index (χ1) is 19.4. The Morgan fingerprint density at radius 2 is 1.55 bits per heavy atom. The van der Waals surface area contributed by atoms with E-state index < -0.39 is 12.2 Å². The number of urea groups is 1. The van der Waals surface area contributed by atoms with Gasteiger partial charge >= 0.3 is 6.03 Å². The fraction of sp³-hybridized carbons (Fsp3) is 0.323. The van der Waals surface area contributed by atoms with Crippen LogP contribution in [-0.4, -0.2) is 69.5 Å². The van der Waals surface area contributed by atoms with E-state index in [9.17, 15) is 18.8 Å². The Labute approximate surface area is 233 Å². The Kier molecular flexibility index (Phi) is 8.40. The second-order valence-electron chi connectivity index (χ2n) is 10.2. The molecule has 9 heteroatoms. The van der Waals surface area contributed by atoms with E-state index in [-0.39, 0.29) is 43.3 Å². The van der Waals surface area contributed by atoms with Gasteiger partial charge in [0.2, 0.25) is 11.8 Å². The molecule has 2 saturated heterocycles. The second kappa shape index (κ2) is 12.3. The minimum Gasteiger partial charge on any atom is -0.333 e. The maximum atomic E-state index is 13.9. The Morgan fingerprint density at radius 3 is 2.20 bits per heavy atom. The van der Waals surface area contributed by atoms with Crippen molar-refractivity contribution in [3.8, 4) is 0 Å². The van der Waals surface area contributed by atoms with Crippen molar-refractivity contribution < 1.29 is 18.8 Å². The monoisotopic (exact) mass is 543 g/mol. The van der Waals surface area contributed by atoms with E-state index in [0.717, 1.165) is 23.1 Å². The summed E-state index contributed by atoms with van der Waals surface area (Å²) in [6.07, 6.45) is 0.421. The zero-order valence-electron chi connectivity index (χ0n) is 22.6. The summed E-state index contributed by atoms with van der Waals surface area (Å²) in [7, 11) is 0. The molecule has 40 heavy (non-hydrogen) atoms. The number of benzene rings is 3. The summed E-state index contributed by atoms with van der Waals surface area (Å²) in [5.41, 5.74) is 2.67. The first-order valence-corrected chi connectivity index (χ1v) is 13.7. The highest BCUT2D eigenvalue weighted by molar-refractivity contribution is 5.91. The summed E-state index contributed by atoms with van der Waals surface area (Å²) in [6.45, 7) is 3.28. The van der Waals surface area contributed by atoms with E-state index in [1.54, 1.807) is 32.0 Å². The number of nitrogens with one attached hydrogen (secondary N) is 1. The van der Waals surface area contributed by atoms with Gasteiger partial charge in [0.05, 0.1) is 13.1 Å². The molecule has 0 spiro atoms. The van der Waals surface area contributed by atoms with Gasteiger partial charge in [0, 0.05) is 26.1 Å². The van der Waals surface area contributed by atoms with Crippen molar-refractivity contribution in [3.63, 3.8) is 0 Å². The highest BCUT2D eigenvalue weighted by Gasteiger charge is 2.51. The quantitative estimate of drug-likeness (QED) is 0.469. The van der Waals surface area contributed by atoms with Crippen LogP contribution in [0.2, 0.25) is 0 Å². The summed E-state index contributed by atoms with van der Waals surface area (Å²) in [6, 6.07) is 24.2. The third kappa shape index (κ3) is 5.99. The molecule has 4 amide bonds. The average molecular weight is 544 g/mol. The third-order valence-electron chi connectivity index (χ3n) is 7.37. The van der Waals surface area contributed by atoms with Crippen molar-refractivity contribution >= 4 is 17.8 Å². The lowest BCUT2D eigenvalue weighted by Crippen LogP contribution is -2.76. The van der Waals surface area contributed by atoms with Crippen molar-refractivity contribution in [3.05, 3.63) is 107 Å². The van der Waals surface area contributed by atoms with Crippen molar-refractivity contribution in [2.45, 2.75) is 45.1 Å². The lowest BCUT2D eigenvalue weighted by Gasteiger charge is -2.55. The minimum absolute atomic E-state index is 0.00552. The van der Waals surface area contributed by atoms with Gasteiger partial charge < -0.3 is 15.1 Å². The molecule has 2 fully saturated rings. The van der Waals surface area contributed by atoms with E-state index in [1.807, 2.05) is 67.6 Å². The predicted octanol–water partition coefficient (Wildman–Crippen LogP) is 3.79. The number of carbonyl (C=O) groups excluding carboxylic acids is 3. The number of carbonyl (C=O) groups is 3. The Hall–Kier alpha value is -4.24. The zero-order chi connectivity index (χ0) is 28.1. The Bertz CT molecular complexity index is 1320. The molecule has 1 N–H and O–H groups in total. The van der Waals surface area contributed by atoms with E-state index in [4.69, 9.17) is 0 Å². The van der Waals surface area contributed by atoms with Gasteiger partial charge in [-0.3, -0.25) is 9.59 Å². The number of amides is 4. The molecule has 0 aliphatic carbocycles. The smallest absolute Gasteiger partial charge is 0.333 e. The fourth-order valence-corrected chi connectivity index (χ4v) is 5.49. The molecule has 0 saturated carbocycles. The molecule has 0 unspecified atom stereocenters. The van der Waals surface area contributed by atoms with Crippen LogP contribution in [0.1, 0.15) is 30.0 Å². The molecule has 2 atom stereocenters. The van der Waals surface area contributed by atoms with Gasteiger partial charge in [0.1, 0.15) is 18.0 Å².